The highest BCUT2D eigenvalue weighted by atomic mass is 35.5. The number of rotatable bonds is 4. The molecule has 0 spiro atoms. The third kappa shape index (κ3) is 3.67. The molecule has 1 saturated heterocycles. The highest BCUT2D eigenvalue weighted by Gasteiger charge is 2.22. The molecule has 4 rings (SSSR count). The molecule has 28 heavy (non-hydrogen) atoms. The fourth-order valence-electron chi connectivity index (χ4n) is 3.51. The number of aromatic nitrogens is 1. The molecule has 3 aromatic rings. The van der Waals surface area contributed by atoms with Gasteiger partial charge in [-0.15, -0.1) is 0 Å². The van der Waals surface area contributed by atoms with Gasteiger partial charge in [0, 0.05) is 54.4 Å². The van der Waals surface area contributed by atoms with Gasteiger partial charge >= 0.3 is 0 Å². The number of benzene rings is 2. The van der Waals surface area contributed by atoms with E-state index < -0.39 is 10.0 Å². The molecule has 0 bridgehead atoms. The summed E-state index contributed by atoms with van der Waals surface area (Å²) < 4.78 is 27.8. The van der Waals surface area contributed by atoms with Crippen LogP contribution in [0.15, 0.2) is 53.6 Å². The Morgan fingerprint density at radius 1 is 0.964 bits per heavy atom. The van der Waals surface area contributed by atoms with Crippen LogP contribution >= 0.6 is 23.2 Å². The van der Waals surface area contributed by atoms with E-state index in [1.54, 1.807) is 48.7 Å². The lowest BCUT2D eigenvalue weighted by Gasteiger charge is -2.32. The smallest absolute Gasteiger partial charge is 0.268 e. The van der Waals surface area contributed by atoms with Gasteiger partial charge in [0.05, 0.1) is 10.4 Å². The van der Waals surface area contributed by atoms with E-state index in [4.69, 9.17) is 23.2 Å². The van der Waals surface area contributed by atoms with E-state index in [9.17, 15) is 8.42 Å². The summed E-state index contributed by atoms with van der Waals surface area (Å²) in [5.74, 6) is 0. The van der Waals surface area contributed by atoms with Crippen molar-refractivity contribution in [1.29, 1.82) is 0 Å². The van der Waals surface area contributed by atoms with E-state index in [-0.39, 0.29) is 4.90 Å². The van der Waals surface area contributed by atoms with Crippen molar-refractivity contribution in [1.82, 2.24) is 13.8 Å². The standard InChI is InChI=1S/C20H21Cl2N3O2S/c1-23-9-11-24(12-10-23)14-15-13-16(5-6-18(15)21)28(26,27)25-8-7-17-19(22)3-2-4-20(17)25/h2-8,13H,9-12,14H2,1H3. The Morgan fingerprint density at radius 2 is 1.71 bits per heavy atom. The topological polar surface area (TPSA) is 45.6 Å². The van der Waals surface area contributed by atoms with Crippen LogP contribution in [0.2, 0.25) is 10.0 Å². The highest BCUT2D eigenvalue weighted by Crippen LogP contribution is 2.29. The van der Waals surface area contributed by atoms with Crippen LogP contribution in [0.3, 0.4) is 0 Å². The van der Waals surface area contributed by atoms with Crippen LogP contribution in [-0.4, -0.2) is 55.4 Å². The van der Waals surface area contributed by atoms with Crippen LogP contribution in [0.1, 0.15) is 5.56 Å². The zero-order chi connectivity index (χ0) is 19.9. The van der Waals surface area contributed by atoms with Crippen molar-refractivity contribution >= 4 is 44.1 Å². The Labute approximate surface area is 175 Å². The molecule has 0 amide bonds. The number of piperazine rings is 1. The van der Waals surface area contributed by atoms with Crippen LogP contribution < -0.4 is 0 Å². The molecule has 5 nitrogen and oxygen atoms in total. The molecule has 8 heteroatoms. The van der Waals surface area contributed by atoms with E-state index in [2.05, 4.69) is 16.8 Å². The predicted octanol–water partition coefficient (Wildman–Crippen LogP) is 3.93. The number of hydrogen-bond acceptors (Lipinski definition) is 4. The van der Waals surface area contributed by atoms with Crippen molar-refractivity contribution in [3.8, 4) is 0 Å². The summed E-state index contributed by atoms with van der Waals surface area (Å²) in [6.45, 7) is 4.49. The van der Waals surface area contributed by atoms with Crippen LogP contribution in [0.5, 0.6) is 0 Å². The molecule has 0 atom stereocenters. The molecule has 1 aliphatic rings. The molecule has 0 N–H and O–H groups in total. The number of fused-ring (bicyclic) bond motifs is 1. The summed E-state index contributed by atoms with van der Waals surface area (Å²) in [5.41, 5.74) is 1.38. The van der Waals surface area contributed by atoms with Gasteiger partial charge in [-0.1, -0.05) is 29.3 Å². The van der Waals surface area contributed by atoms with Gasteiger partial charge in [-0.25, -0.2) is 12.4 Å². The molecule has 1 aliphatic heterocycles. The third-order valence-electron chi connectivity index (χ3n) is 5.21. The first-order valence-corrected chi connectivity index (χ1v) is 11.3. The molecule has 2 aromatic carbocycles. The lowest BCUT2D eigenvalue weighted by Crippen LogP contribution is -2.43. The van der Waals surface area contributed by atoms with Gasteiger partial charge in [-0.3, -0.25) is 4.90 Å². The second-order valence-electron chi connectivity index (χ2n) is 7.12. The van der Waals surface area contributed by atoms with Crippen molar-refractivity contribution in [3.05, 3.63) is 64.3 Å². The normalized spacial score (nSPS) is 16.7. The summed E-state index contributed by atoms with van der Waals surface area (Å²) >= 11 is 12.6. The Kier molecular flexibility index (Phi) is 5.42. The van der Waals surface area contributed by atoms with Crippen LogP contribution in [-0.2, 0) is 16.6 Å². The molecular formula is C20H21Cl2N3O2S. The minimum Gasteiger partial charge on any atom is -0.304 e. The van der Waals surface area contributed by atoms with E-state index in [1.807, 2.05) is 0 Å². The zero-order valence-electron chi connectivity index (χ0n) is 15.5. The first kappa shape index (κ1) is 19.7. The molecule has 0 unspecified atom stereocenters. The summed E-state index contributed by atoms with van der Waals surface area (Å²) in [4.78, 5) is 4.79. The lowest BCUT2D eigenvalue weighted by atomic mass is 10.2. The highest BCUT2D eigenvalue weighted by molar-refractivity contribution is 7.90. The fourth-order valence-corrected chi connectivity index (χ4v) is 5.32. The minimum atomic E-state index is -3.76. The minimum absolute atomic E-state index is 0.221. The largest absolute Gasteiger partial charge is 0.304 e. The second kappa shape index (κ2) is 7.69. The number of halogens is 2. The van der Waals surface area contributed by atoms with Crippen molar-refractivity contribution in [2.45, 2.75) is 11.4 Å². The first-order chi connectivity index (χ1) is 13.4. The van der Waals surface area contributed by atoms with E-state index >= 15 is 0 Å². The van der Waals surface area contributed by atoms with E-state index in [1.165, 1.54) is 3.97 Å². The molecule has 0 saturated carbocycles. The van der Waals surface area contributed by atoms with E-state index in [0.29, 0.717) is 27.5 Å². The lowest BCUT2D eigenvalue weighted by molar-refractivity contribution is 0.148. The van der Waals surface area contributed by atoms with Gasteiger partial charge in [0.1, 0.15) is 0 Å². The van der Waals surface area contributed by atoms with Gasteiger partial charge in [0.2, 0.25) is 0 Å². The van der Waals surface area contributed by atoms with Crippen LogP contribution in [0.4, 0.5) is 0 Å². The summed E-state index contributed by atoms with van der Waals surface area (Å²) in [7, 11) is -1.65. The number of nitrogens with zero attached hydrogens (tertiary/aromatic N) is 3. The molecular weight excluding hydrogens is 417 g/mol. The molecule has 0 aliphatic carbocycles. The van der Waals surface area contributed by atoms with Crippen LogP contribution in [0, 0.1) is 0 Å². The summed E-state index contributed by atoms with van der Waals surface area (Å²) in [6.07, 6.45) is 1.54. The maximum atomic E-state index is 13.3. The Hall–Kier alpha value is -1.57. The second-order valence-corrected chi connectivity index (χ2v) is 9.75. The molecule has 148 valence electrons. The quantitative estimate of drug-likeness (QED) is 0.619. The van der Waals surface area contributed by atoms with Gasteiger partial charge in [-0.05, 0) is 49.0 Å². The average molecular weight is 438 g/mol. The molecule has 1 aromatic heterocycles. The van der Waals surface area contributed by atoms with Gasteiger partial charge in [-0.2, -0.15) is 0 Å². The maximum Gasteiger partial charge on any atom is 0.268 e. The van der Waals surface area contributed by atoms with Gasteiger partial charge < -0.3 is 4.90 Å². The molecule has 1 fully saturated rings. The predicted molar refractivity (Wildman–Crippen MR) is 114 cm³/mol. The van der Waals surface area contributed by atoms with Crippen LogP contribution in [0.25, 0.3) is 10.9 Å². The monoisotopic (exact) mass is 437 g/mol. The van der Waals surface area contributed by atoms with E-state index in [0.717, 1.165) is 31.7 Å². The van der Waals surface area contributed by atoms with Crippen molar-refractivity contribution in [3.63, 3.8) is 0 Å². The maximum absolute atomic E-state index is 13.3. The van der Waals surface area contributed by atoms with Gasteiger partial charge in [0.15, 0.2) is 0 Å². The number of likely N-dealkylation sites (N-methyl/N-ethyl adjacent to an activating group) is 1. The van der Waals surface area contributed by atoms with Gasteiger partial charge in [0.25, 0.3) is 10.0 Å². The zero-order valence-corrected chi connectivity index (χ0v) is 17.8. The Bertz CT molecular complexity index is 1120. The first-order valence-electron chi connectivity index (χ1n) is 9.07. The average Bonchev–Trinajstić information content (AvgIpc) is 3.11. The summed E-state index contributed by atoms with van der Waals surface area (Å²) in [6, 6.07) is 11.9. The third-order valence-corrected chi connectivity index (χ3v) is 7.59. The fraction of sp³-hybridized carbons (Fsp3) is 0.300. The Balaban J connectivity index is 1.69. The Morgan fingerprint density at radius 3 is 2.46 bits per heavy atom. The van der Waals surface area contributed by atoms with Crippen molar-refractivity contribution in [2.75, 3.05) is 33.2 Å². The SMILES string of the molecule is CN1CCN(Cc2cc(S(=O)(=O)n3ccc4c(Cl)cccc43)ccc2Cl)CC1. The van der Waals surface area contributed by atoms with Crippen molar-refractivity contribution < 1.29 is 8.42 Å². The molecule has 2 heterocycles. The van der Waals surface area contributed by atoms with Crippen molar-refractivity contribution in [2.24, 2.45) is 0 Å². The number of hydrogen-bond donors (Lipinski definition) is 0. The molecule has 0 radical (unpaired) electrons. The summed E-state index contributed by atoms with van der Waals surface area (Å²) in [5, 5.41) is 1.82.